The van der Waals surface area contributed by atoms with Crippen LogP contribution in [-0.2, 0) is 18.2 Å². The number of rotatable bonds is 6. The number of hydrogen-bond acceptors (Lipinski definition) is 6. The molecule has 0 unspecified atom stereocenters. The number of thiocarbonyl (C=S) groups is 1. The first-order chi connectivity index (χ1) is 13.9. The monoisotopic (exact) mass is 429 g/mol. The van der Waals surface area contributed by atoms with Gasteiger partial charge in [-0.05, 0) is 23.8 Å². The second-order valence-corrected chi connectivity index (χ2v) is 7.63. The van der Waals surface area contributed by atoms with Crippen LogP contribution >= 0.6 is 23.6 Å². The number of carbonyl (C=O) groups excluding carboxylic acids is 2. The lowest BCUT2D eigenvalue weighted by Crippen LogP contribution is -2.23. The van der Waals surface area contributed by atoms with Crippen LogP contribution in [0.3, 0.4) is 0 Å². The molecule has 1 amide bonds. The number of nitrogens with one attached hydrogen (secondary N) is 2. The van der Waals surface area contributed by atoms with E-state index < -0.39 is 11.9 Å². The van der Waals surface area contributed by atoms with Crippen LogP contribution in [0.2, 0.25) is 0 Å². The molecule has 0 spiro atoms. The van der Waals surface area contributed by atoms with Crippen molar-refractivity contribution >= 4 is 51.2 Å². The van der Waals surface area contributed by atoms with Crippen molar-refractivity contribution in [2.75, 3.05) is 17.7 Å². The molecular formula is C19H19N5O3S2. The molecule has 4 N–H and O–H groups in total. The number of nitrogens with zero attached hydrogens (tertiary/aromatic N) is 2. The smallest absolute Gasteiger partial charge is 0.340 e. The van der Waals surface area contributed by atoms with Gasteiger partial charge in [0.25, 0.3) is 5.91 Å². The van der Waals surface area contributed by atoms with E-state index in [-0.39, 0.29) is 10.8 Å². The number of ether oxygens (including phenoxy) is 1. The first-order valence-electron chi connectivity index (χ1n) is 8.53. The van der Waals surface area contributed by atoms with Gasteiger partial charge in [-0.15, -0.1) is 11.3 Å². The Kier molecular flexibility index (Phi) is 6.25. The van der Waals surface area contributed by atoms with Gasteiger partial charge < -0.3 is 21.1 Å². The summed E-state index contributed by atoms with van der Waals surface area (Å²) in [6.45, 7) is 0. The summed E-state index contributed by atoms with van der Waals surface area (Å²) in [6.07, 6.45) is 2.12. The van der Waals surface area contributed by atoms with E-state index in [4.69, 9.17) is 22.7 Å². The van der Waals surface area contributed by atoms with Crippen LogP contribution in [-0.4, -0.2) is 33.9 Å². The maximum absolute atomic E-state index is 12.2. The van der Waals surface area contributed by atoms with E-state index in [1.54, 1.807) is 13.1 Å². The third-order valence-corrected chi connectivity index (χ3v) is 5.31. The number of amides is 1. The minimum atomic E-state index is -0.633. The summed E-state index contributed by atoms with van der Waals surface area (Å²) >= 11 is 6.74. The normalized spacial score (nSPS) is 10.4. The summed E-state index contributed by atoms with van der Waals surface area (Å²) in [5, 5.41) is 10.6. The molecule has 29 heavy (non-hydrogen) atoms. The predicted octanol–water partition coefficient (Wildman–Crippen LogP) is 2.77. The molecule has 0 aliphatic rings. The zero-order chi connectivity index (χ0) is 21.0. The topological polar surface area (TPSA) is 111 Å². The number of aryl methyl sites for hydroxylation is 1. The van der Waals surface area contributed by atoms with Gasteiger partial charge in [-0.1, -0.05) is 30.3 Å². The van der Waals surface area contributed by atoms with Crippen LogP contribution in [0.15, 0.2) is 42.6 Å². The minimum absolute atomic E-state index is 0.193. The number of thiophene rings is 1. The zero-order valence-corrected chi connectivity index (χ0v) is 17.4. The number of benzene rings is 1. The van der Waals surface area contributed by atoms with Gasteiger partial charge in [0.1, 0.15) is 10.7 Å². The number of carbonyl (C=O) groups is 2. The Balaban J connectivity index is 1.81. The lowest BCUT2D eigenvalue weighted by atomic mass is 10.1. The van der Waals surface area contributed by atoms with Crippen molar-refractivity contribution < 1.29 is 14.3 Å². The Bertz CT molecular complexity index is 1060. The average Bonchev–Trinajstić information content (AvgIpc) is 3.25. The quantitative estimate of drug-likeness (QED) is 0.408. The molecule has 10 heteroatoms. The van der Waals surface area contributed by atoms with Crippen LogP contribution in [0.25, 0.3) is 0 Å². The summed E-state index contributed by atoms with van der Waals surface area (Å²) in [6, 6.07) is 11.7. The van der Waals surface area contributed by atoms with Crippen molar-refractivity contribution in [1.29, 1.82) is 0 Å². The fourth-order valence-corrected chi connectivity index (χ4v) is 4.12. The molecule has 0 saturated carbocycles. The van der Waals surface area contributed by atoms with Crippen LogP contribution in [0, 0.1) is 0 Å². The van der Waals surface area contributed by atoms with Crippen LogP contribution in [0.1, 0.15) is 31.3 Å². The Morgan fingerprint density at radius 3 is 2.66 bits per heavy atom. The van der Waals surface area contributed by atoms with E-state index in [9.17, 15) is 9.59 Å². The molecule has 8 nitrogen and oxygen atoms in total. The predicted molar refractivity (Wildman–Crippen MR) is 116 cm³/mol. The van der Waals surface area contributed by atoms with Crippen molar-refractivity contribution in [1.82, 2.24) is 9.78 Å². The fraction of sp³-hybridized carbons (Fsp3) is 0.158. The fourth-order valence-electron chi connectivity index (χ4n) is 2.76. The van der Waals surface area contributed by atoms with Crippen LogP contribution in [0.5, 0.6) is 0 Å². The summed E-state index contributed by atoms with van der Waals surface area (Å²) < 4.78 is 6.24. The van der Waals surface area contributed by atoms with Gasteiger partial charge in [-0.25, -0.2) is 4.79 Å². The van der Waals surface area contributed by atoms with Gasteiger partial charge in [-0.2, -0.15) is 5.10 Å². The summed E-state index contributed by atoms with van der Waals surface area (Å²) in [7, 11) is 2.93. The third-order valence-electron chi connectivity index (χ3n) is 4.06. The molecule has 0 saturated heterocycles. The Morgan fingerprint density at radius 1 is 1.28 bits per heavy atom. The molecule has 150 valence electrons. The number of hydrogen-bond donors (Lipinski definition) is 3. The second kappa shape index (κ2) is 8.84. The SMILES string of the molecule is COC(=O)c1cc(Cc2ccccc2)sc1NC(=S)Nc1cnn(C)c1C(N)=O. The van der Waals surface area contributed by atoms with Crippen molar-refractivity contribution in [3.63, 3.8) is 0 Å². The molecule has 0 bridgehead atoms. The number of aromatic nitrogens is 2. The highest BCUT2D eigenvalue weighted by Gasteiger charge is 2.19. The maximum Gasteiger partial charge on any atom is 0.340 e. The van der Waals surface area contributed by atoms with Crippen molar-refractivity contribution in [3.8, 4) is 0 Å². The highest BCUT2D eigenvalue weighted by molar-refractivity contribution is 7.80. The highest BCUT2D eigenvalue weighted by atomic mass is 32.1. The first kappa shape index (κ1) is 20.5. The van der Waals surface area contributed by atoms with Crippen molar-refractivity contribution in [2.45, 2.75) is 6.42 Å². The molecule has 1 aromatic carbocycles. The van der Waals surface area contributed by atoms with Gasteiger partial charge in [0.2, 0.25) is 0 Å². The third kappa shape index (κ3) is 4.79. The summed E-state index contributed by atoms with van der Waals surface area (Å²) in [4.78, 5) is 24.8. The Hall–Kier alpha value is -3.24. The van der Waals surface area contributed by atoms with Crippen molar-refractivity contribution in [3.05, 3.63) is 64.3 Å². The van der Waals surface area contributed by atoms with Gasteiger partial charge in [0, 0.05) is 18.3 Å². The lowest BCUT2D eigenvalue weighted by Gasteiger charge is -2.10. The molecule has 0 radical (unpaired) electrons. The van der Waals surface area contributed by atoms with Gasteiger partial charge in [0.15, 0.2) is 5.11 Å². The van der Waals surface area contributed by atoms with E-state index in [0.717, 1.165) is 10.4 Å². The summed E-state index contributed by atoms with van der Waals surface area (Å²) in [5.41, 5.74) is 7.46. The van der Waals surface area contributed by atoms with Gasteiger partial charge >= 0.3 is 5.97 Å². The van der Waals surface area contributed by atoms with E-state index in [1.165, 1.54) is 29.3 Å². The van der Waals surface area contributed by atoms with Crippen molar-refractivity contribution in [2.24, 2.45) is 12.8 Å². The van der Waals surface area contributed by atoms with Crippen LogP contribution < -0.4 is 16.4 Å². The summed E-state index contributed by atoms with van der Waals surface area (Å²) in [5.74, 6) is -1.10. The maximum atomic E-state index is 12.2. The van der Waals surface area contributed by atoms with Gasteiger partial charge in [-0.3, -0.25) is 9.48 Å². The zero-order valence-electron chi connectivity index (χ0n) is 15.8. The van der Waals surface area contributed by atoms with E-state index in [2.05, 4.69) is 15.7 Å². The molecule has 0 atom stereocenters. The molecule has 3 rings (SSSR count). The molecule has 0 fully saturated rings. The number of methoxy groups -OCH3 is 1. The molecule has 2 heterocycles. The van der Waals surface area contributed by atoms with E-state index in [1.807, 2.05) is 30.3 Å². The minimum Gasteiger partial charge on any atom is -0.465 e. The number of esters is 1. The molecular weight excluding hydrogens is 410 g/mol. The number of nitrogens with two attached hydrogens (primary N) is 1. The first-order valence-corrected chi connectivity index (χ1v) is 9.76. The highest BCUT2D eigenvalue weighted by Crippen LogP contribution is 2.31. The number of primary amides is 1. The Labute approximate surface area is 176 Å². The van der Waals surface area contributed by atoms with Crippen LogP contribution in [0.4, 0.5) is 10.7 Å². The van der Waals surface area contributed by atoms with E-state index >= 15 is 0 Å². The Morgan fingerprint density at radius 2 is 2.00 bits per heavy atom. The molecule has 0 aliphatic carbocycles. The van der Waals surface area contributed by atoms with Gasteiger partial charge in [0.05, 0.1) is 24.6 Å². The molecule has 2 aromatic heterocycles. The largest absolute Gasteiger partial charge is 0.465 e. The second-order valence-electron chi connectivity index (χ2n) is 6.08. The van der Waals surface area contributed by atoms with E-state index in [0.29, 0.717) is 22.7 Å². The molecule has 3 aromatic rings. The average molecular weight is 430 g/mol. The number of anilines is 2. The standard InChI is InChI=1S/C19H19N5O3S2/c1-24-15(16(20)25)14(10-21-24)22-19(28)23-17-13(18(26)27-2)9-12(29-17)8-11-6-4-3-5-7-11/h3-7,9-10H,8H2,1-2H3,(H2,20,25)(H2,22,23,28). The lowest BCUT2D eigenvalue weighted by molar-refractivity contribution is 0.0602. The molecule has 0 aliphatic heterocycles.